The topological polar surface area (TPSA) is 68.0 Å². The Balaban J connectivity index is 1.92. The molecular formula is C21H16ClN3O2. The first-order chi connectivity index (χ1) is 13.0. The molecule has 0 atom stereocenters. The Hall–Kier alpha value is -3.18. The summed E-state index contributed by atoms with van der Waals surface area (Å²) in [5, 5.41) is 12.3. The summed E-state index contributed by atoms with van der Waals surface area (Å²) in [5.41, 5.74) is 2.39. The van der Waals surface area contributed by atoms with E-state index < -0.39 is 5.97 Å². The summed E-state index contributed by atoms with van der Waals surface area (Å²) in [7, 11) is 0. The fourth-order valence-corrected chi connectivity index (χ4v) is 3.53. The SMILES string of the molecule is Cc1nc(-c2ccnc(Cl)c2)n(Cc2cccc3ccccc23)c1C(=O)O. The van der Waals surface area contributed by atoms with Gasteiger partial charge in [0.2, 0.25) is 0 Å². The molecule has 5 nitrogen and oxygen atoms in total. The molecule has 6 heteroatoms. The van der Waals surface area contributed by atoms with Crippen molar-refractivity contribution < 1.29 is 9.90 Å². The van der Waals surface area contributed by atoms with Gasteiger partial charge in [-0.15, -0.1) is 0 Å². The smallest absolute Gasteiger partial charge is 0.354 e. The lowest BCUT2D eigenvalue weighted by Crippen LogP contribution is -2.12. The van der Waals surface area contributed by atoms with Crippen LogP contribution in [0.2, 0.25) is 5.15 Å². The van der Waals surface area contributed by atoms with E-state index in [0.29, 0.717) is 23.2 Å². The number of aryl methyl sites for hydroxylation is 1. The highest BCUT2D eigenvalue weighted by Gasteiger charge is 2.22. The Morgan fingerprint density at radius 2 is 1.93 bits per heavy atom. The van der Waals surface area contributed by atoms with Crippen molar-refractivity contribution in [3.63, 3.8) is 0 Å². The fraction of sp³-hybridized carbons (Fsp3) is 0.0952. The molecule has 27 heavy (non-hydrogen) atoms. The molecule has 0 amide bonds. The molecule has 0 saturated heterocycles. The molecule has 4 rings (SSSR count). The quantitative estimate of drug-likeness (QED) is 0.518. The van der Waals surface area contributed by atoms with Gasteiger partial charge in [0.05, 0.1) is 12.2 Å². The molecule has 0 radical (unpaired) electrons. The van der Waals surface area contributed by atoms with Gasteiger partial charge in [-0.3, -0.25) is 0 Å². The van der Waals surface area contributed by atoms with Crippen molar-refractivity contribution >= 4 is 28.3 Å². The molecule has 0 fully saturated rings. The summed E-state index contributed by atoms with van der Waals surface area (Å²) in [6.07, 6.45) is 1.59. The summed E-state index contributed by atoms with van der Waals surface area (Å²) in [6.45, 7) is 2.09. The summed E-state index contributed by atoms with van der Waals surface area (Å²) >= 11 is 6.03. The Labute approximate surface area is 160 Å². The third-order valence-electron chi connectivity index (χ3n) is 4.54. The molecule has 0 bridgehead atoms. The average Bonchev–Trinajstić information content (AvgIpc) is 2.98. The number of nitrogens with zero attached hydrogens (tertiary/aromatic N) is 3. The first-order valence-electron chi connectivity index (χ1n) is 8.43. The number of aromatic nitrogens is 3. The number of rotatable bonds is 4. The number of halogens is 1. The Kier molecular flexibility index (Phi) is 4.38. The van der Waals surface area contributed by atoms with Crippen LogP contribution in [0.5, 0.6) is 0 Å². The number of carboxylic acid groups (broad SMARTS) is 1. The minimum absolute atomic E-state index is 0.172. The van der Waals surface area contributed by atoms with Crippen molar-refractivity contribution in [3.05, 3.63) is 82.9 Å². The number of fused-ring (bicyclic) bond motifs is 1. The van der Waals surface area contributed by atoms with Crippen molar-refractivity contribution in [2.24, 2.45) is 0 Å². The van der Waals surface area contributed by atoms with Crippen LogP contribution in [0.3, 0.4) is 0 Å². The van der Waals surface area contributed by atoms with Gasteiger partial charge in [-0.05, 0) is 35.4 Å². The summed E-state index contributed by atoms with van der Waals surface area (Å²) in [5.74, 6) is -0.450. The number of pyridine rings is 1. The molecule has 0 spiro atoms. The second-order valence-electron chi connectivity index (χ2n) is 6.27. The first kappa shape index (κ1) is 17.2. The number of hydrogen-bond donors (Lipinski definition) is 1. The van der Waals surface area contributed by atoms with Crippen LogP contribution >= 0.6 is 11.6 Å². The van der Waals surface area contributed by atoms with Gasteiger partial charge >= 0.3 is 5.97 Å². The summed E-state index contributed by atoms with van der Waals surface area (Å²) in [4.78, 5) is 20.4. The molecule has 0 aliphatic heterocycles. The third kappa shape index (κ3) is 3.17. The number of carboxylic acids is 1. The van der Waals surface area contributed by atoms with Crippen molar-refractivity contribution in [3.8, 4) is 11.4 Å². The minimum atomic E-state index is -1.01. The van der Waals surface area contributed by atoms with E-state index in [1.165, 1.54) is 0 Å². The second-order valence-corrected chi connectivity index (χ2v) is 6.65. The van der Waals surface area contributed by atoms with Gasteiger partial charge in [-0.1, -0.05) is 54.1 Å². The van der Waals surface area contributed by atoms with Crippen LogP contribution in [0.15, 0.2) is 60.8 Å². The zero-order valence-electron chi connectivity index (χ0n) is 14.6. The number of benzene rings is 2. The van der Waals surface area contributed by atoms with Gasteiger partial charge in [0, 0.05) is 11.8 Å². The maximum atomic E-state index is 11.9. The second kappa shape index (κ2) is 6.85. The lowest BCUT2D eigenvalue weighted by atomic mass is 10.0. The van der Waals surface area contributed by atoms with Gasteiger partial charge < -0.3 is 9.67 Å². The van der Waals surface area contributed by atoms with E-state index in [0.717, 1.165) is 21.9 Å². The molecule has 0 saturated carbocycles. The molecule has 2 aromatic carbocycles. The van der Waals surface area contributed by atoms with E-state index in [9.17, 15) is 9.90 Å². The number of carbonyl (C=O) groups is 1. The maximum absolute atomic E-state index is 11.9. The van der Waals surface area contributed by atoms with E-state index >= 15 is 0 Å². The predicted octanol–water partition coefficient (Wildman–Crippen LogP) is 4.81. The zero-order chi connectivity index (χ0) is 19.0. The van der Waals surface area contributed by atoms with E-state index in [1.54, 1.807) is 29.8 Å². The fourth-order valence-electron chi connectivity index (χ4n) is 3.36. The molecule has 2 aromatic heterocycles. The van der Waals surface area contributed by atoms with Crippen LogP contribution in [-0.2, 0) is 6.54 Å². The Morgan fingerprint density at radius 1 is 1.15 bits per heavy atom. The van der Waals surface area contributed by atoms with Gasteiger partial charge in [0.1, 0.15) is 11.0 Å². The predicted molar refractivity (Wildman–Crippen MR) is 105 cm³/mol. The zero-order valence-corrected chi connectivity index (χ0v) is 15.3. The lowest BCUT2D eigenvalue weighted by molar-refractivity contribution is 0.0685. The van der Waals surface area contributed by atoms with Crippen molar-refractivity contribution in [2.45, 2.75) is 13.5 Å². The summed E-state index contributed by atoms with van der Waals surface area (Å²) in [6, 6.07) is 17.5. The average molecular weight is 378 g/mol. The van der Waals surface area contributed by atoms with Crippen molar-refractivity contribution in [1.29, 1.82) is 0 Å². The highest BCUT2D eigenvalue weighted by molar-refractivity contribution is 6.29. The minimum Gasteiger partial charge on any atom is -0.477 e. The highest BCUT2D eigenvalue weighted by Crippen LogP contribution is 2.27. The van der Waals surface area contributed by atoms with Crippen LogP contribution in [0.4, 0.5) is 0 Å². The highest BCUT2D eigenvalue weighted by atomic mass is 35.5. The number of hydrogen-bond acceptors (Lipinski definition) is 3. The van der Waals surface area contributed by atoms with E-state index in [4.69, 9.17) is 11.6 Å². The van der Waals surface area contributed by atoms with E-state index in [1.807, 2.05) is 42.5 Å². The van der Waals surface area contributed by atoms with E-state index in [2.05, 4.69) is 9.97 Å². The van der Waals surface area contributed by atoms with Crippen LogP contribution in [0.25, 0.3) is 22.2 Å². The third-order valence-corrected chi connectivity index (χ3v) is 4.74. The largest absolute Gasteiger partial charge is 0.477 e. The summed E-state index contributed by atoms with van der Waals surface area (Å²) < 4.78 is 1.73. The maximum Gasteiger partial charge on any atom is 0.354 e. The standard InChI is InChI=1S/C21H16ClN3O2/c1-13-19(21(26)27)25(20(24-13)15-9-10-23-18(22)11-15)12-16-7-4-6-14-5-2-3-8-17(14)16/h2-11H,12H2,1H3,(H,26,27). The lowest BCUT2D eigenvalue weighted by Gasteiger charge is -2.13. The number of imidazole rings is 1. The monoisotopic (exact) mass is 377 g/mol. The van der Waals surface area contributed by atoms with Crippen molar-refractivity contribution in [1.82, 2.24) is 14.5 Å². The van der Waals surface area contributed by atoms with Gasteiger partial charge in [0.15, 0.2) is 5.69 Å². The van der Waals surface area contributed by atoms with Gasteiger partial charge in [-0.2, -0.15) is 0 Å². The normalized spacial score (nSPS) is 11.0. The Bertz CT molecular complexity index is 1160. The molecule has 4 aromatic rings. The molecule has 134 valence electrons. The van der Waals surface area contributed by atoms with Gasteiger partial charge in [-0.25, -0.2) is 14.8 Å². The molecule has 1 N–H and O–H groups in total. The molecule has 0 unspecified atom stereocenters. The van der Waals surface area contributed by atoms with Crippen LogP contribution in [-0.4, -0.2) is 25.6 Å². The van der Waals surface area contributed by atoms with Crippen LogP contribution in [0.1, 0.15) is 21.7 Å². The number of aromatic carboxylic acids is 1. The van der Waals surface area contributed by atoms with Gasteiger partial charge in [0.25, 0.3) is 0 Å². The van der Waals surface area contributed by atoms with E-state index in [-0.39, 0.29) is 5.69 Å². The van der Waals surface area contributed by atoms with Crippen LogP contribution in [0, 0.1) is 6.92 Å². The Morgan fingerprint density at radius 3 is 2.70 bits per heavy atom. The molecule has 0 aliphatic carbocycles. The molecular weight excluding hydrogens is 362 g/mol. The first-order valence-corrected chi connectivity index (χ1v) is 8.81. The molecule has 0 aliphatic rings. The van der Waals surface area contributed by atoms with Crippen molar-refractivity contribution in [2.75, 3.05) is 0 Å². The van der Waals surface area contributed by atoms with Crippen LogP contribution < -0.4 is 0 Å². The molecule has 2 heterocycles.